The minimum absolute atomic E-state index is 0.0595. The van der Waals surface area contributed by atoms with Crippen molar-refractivity contribution in [2.75, 3.05) is 13.7 Å². The third-order valence-electron chi connectivity index (χ3n) is 3.75. The summed E-state index contributed by atoms with van der Waals surface area (Å²) in [5.41, 5.74) is 1.20. The Morgan fingerprint density at radius 2 is 1.86 bits per heavy atom. The molecule has 2 unspecified atom stereocenters. The number of hydrogen-bond acceptors (Lipinski definition) is 5. The molecule has 0 amide bonds. The van der Waals surface area contributed by atoms with Crippen molar-refractivity contribution in [2.24, 2.45) is 0 Å². The molecule has 0 fully saturated rings. The molecule has 0 aliphatic carbocycles. The number of rotatable bonds is 2. The second-order valence-corrected chi connectivity index (χ2v) is 5.01. The summed E-state index contributed by atoms with van der Waals surface area (Å²) < 4.78 is 10.6. The second kappa shape index (κ2) is 5.18. The van der Waals surface area contributed by atoms with Crippen molar-refractivity contribution < 1.29 is 24.8 Å². The van der Waals surface area contributed by atoms with Gasteiger partial charge in [-0.1, -0.05) is 6.07 Å². The first-order valence-electron chi connectivity index (χ1n) is 6.61. The van der Waals surface area contributed by atoms with E-state index in [1.807, 2.05) is 0 Å². The van der Waals surface area contributed by atoms with Crippen LogP contribution in [0.15, 0.2) is 36.4 Å². The van der Waals surface area contributed by atoms with E-state index in [1.54, 1.807) is 18.2 Å². The first kappa shape index (κ1) is 13.6. The molecular weight excluding hydrogens is 272 g/mol. The molecule has 1 aliphatic heterocycles. The summed E-state index contributed by atoms with van der Waals surface area (Å²) in [6, 6.07) is 9.56. The molecule has 3 N–H and O–H groups in total. The highest BCUT2D eigenvalue weighted by molar-refractivity contribution is 5.48. The second-order valence-electron chi connectivity index (χ2n) is 5.01. The molecule has 0 saturated heterocycles. The summed E-state index contributed by atoms with van der Waals surface area (Å²) in [6.07, 6.45) is -0.811. The zero-order valence-electron chi connectivity index (χ0n) is 11.5. The van der Waals surface area contributed by atoms with Gasteiger partial charge >= 0.3 is 0 Å². The number of benzene rings is 2. The van der Waals surface area contributed by atoms with E-state index in [9.17, 15) is 15.3 Å². The number of phenolic OH excluding ortho intramolecular Hbond substituents is 2. The number of ether oxygens (including phenoxy) is 2. The number of aliphatic hydroxyl groups is 1. The van der Waals surface area contributed by atoms with Crippen molar-refractivity contribution in [1.29, 1.82) is 0 Å². The maximum atomic E-state index is 10.5. The molecule has 2 aromatic rings. The summed E-state index contributed by atoms with van der Waals surface area (Å²) in [7, 11) is 1.52. The van der Waals surface area contributed by atoms with E-state index in [1.165, 1.54) is 25.3 Å². The Labute approximate surface area is 122 Å². The molecule has 5 nitrogen and oxygen atoms in total. The molecule has 0 aromatic heterocycles. The lowest BCUT2D eigenvalue weighted by molar-refractivity contribution is 0.0875. The SMILES string of the molecule is COc1ccc(C2COc3cc(O)ccc3C2O)c(O)c1. The highest BCUT2D eigenvalue weighted by atomic mass is 16.5. The third kappa shape index (κ3) is 2.36. The molecule has 0 bridgehead atoms. The van der Waals surface area contributed by atoms with Crippen molar-refractivity contribution in [1.82, 2.24) is 0 Å². The Morgan fingerprint density at radius 3 is 2.57 bits per heavy atom. The van der Waals surface area contributed by atoms with Crippen molar-refractivity contribution in [3.63, 3.8) is 0 Å². The van der Waals surface area contributed by atoms with Crippen LogP contribution in [0.4, 0.5) is 0 Å². The van der Waals surface area contributed by atoms with Gasteiger partial charge in [0.1, 0.15) is 23.0 Å². The highest BCUT2D eigenvalue weighted by Gasteiger charge is 2.32. The van der Waals surface area contributed by atoms with Gasteiger partial charge in [-0.15, -0.1) is 0 Å². The third-order valence-corrected chi connectivity index (χ3v) is 3.75. The van der Waals surface area contributed by atoms with E-state index in [2.05, 4.69) is 0 Å². The number of aliphatic hydroxyl groups excluding tert-OH is 1. The van der Waals surface area contributed by atoms with E-state index in [4.69, 9.17) is 9.47 Å². The van der Waals surface area contributed by atoms with Gasteiger partial charge in [0, 0.05) is 23.3 Å². The molecular formula is C16H16O5. The van der Waals surface area contributed by atoms with Crippen LogP contribution in [0.1, 0.15) is 23.1 Å². The number of methoxy groups -OCH3 is 1. The van der Waals surface area contributed by atoms with Gasteiger partial charge < -0.3 is 24.8 Å². The predicted octanol–water partition coefficient (Wildman–Crippen LogP) is 2.32. The van der Waals surface area contributed by atoms with Crippen LogP contribution in [-0.4, -0.2) is 29.0 Å². The van der Waals surface area contributed by atoms with Gasteiger partial charge in [0.05, 0.1) is 25.7 Å². The van der Waals surface area contributed by atoms with Gasteiger partial charge in [0.2, 0.25) is 0 Å². The van der Waals surface area contributed by atoms with Gasteiger partial charge in [0.15, 0.2) is 0 Å². The van der Waals surface area contributed by atoms with Crippen LogP contribution in [0.25, 0.3) is 0 Å². The lowest BCUT2D eigenvalue weighted by atomic mass is 9.87. The van der Waals surface area contributed by atoms with Gasteiger partial charge in [-0.2, -0.15) is 0 Å². The Balaban J connectivity index is 1.96. The molecule has 0 spiro atoms. The number of hydrogen-bond donors (Lipinski definition) is 3. The molecule has 1 heterocycles. The number of phenols is 2. The topological polar surface area (TPSA) is 79.2 Å². The zero-order chi connectivity index (χ0) is 15.0. The first-order valence-corrected chi connectivity index (χ1v) is 6.61. The van der Waals surface area contributed by atoms with E-state index >= 15 is 0 Å². The van der Waals surface area contributed by atoms with Crippen LogP contribution in [0.5, 0.6) is 23.0 Å². The van der Waals surface area contributed by atoms with Crippen LogP contribution in [0.2, 0.25) is 0 Å². The summed E-state index contributed by atoms with van der Waals surface area (Å²) >= 11 is 0. The van der Waals surface area contributed by atoms with Crippen LogP contribution in [0, 0.1) is 0 Å². The monoisotopic (exact) mass is 288 g/mol. The summed E-state index contributed by atoms with van der Waals surface area (Å²) in [6.45, 7) is 0.220. The van der Waals surface area contributed by atoms with E-state index < -0.39 is 6.10 Å². The van der Waals surface area contributed by atoms with Crippen molar-refractivity contribution >= 4 is 0 Å². The van der Waals surface area contributed by atoms with E-state index in [0.717, 1.165) is 0 Å². The van der Waals surface area contributed by atoms with Crippen LogP contribution >= 0.6 is 0 Å². The minimum Gasteiger partial charge on any atom is -0.508 e. The Kier molecular flexibility index (Phi) is 3.35. The molecule has 0 saturated carbocycles. The summed E-state index contributed by atoms with van der Waals surface area (Å²) in [5, 5.41) is 30.1. The van der Waals surface area contributed by atoms with Gasteiger partial charge in [-0.25, -0.2) is 0 Å². The maximum Gasteiger partial charge on any atom is 0.128 e. The molecule has 3 rings (SSSR count). The van der Waals surface area contributed by atoms with Gasteiger partial charge in [0.25, 0.3) is 0 Å². The summed E-state index contributed by atoms with van der Waals surface area (Å²) in [4.78, 5) is 0. The van der Waals surface area contributed by atoms with Gasteiger partial charge in [-0.3, -0.25) is 0 Å². The fraction of sp³-hybridized carbons (Fsp3) is 0.250. The number of aromatic hydroxyl groups is 2. The van der Waals surface area contributed by atoms with Crippen LogP contribution < -0.4 is 9.47 Å². The fourth-order valence-electron chi connectivity index (χ4n) is 2.60. The Hall–Kier alpha value is -2.40. The van der Waals surface area contributed by atoms with Crippen molar-refractivity contribution in [3.05, 3.63) is 47.5 Å². The van der Waals surface area contributed by atoms with Crippen molar-refractivity contribution in [3.8, 4) is 23.0 Å². The fourth-order valence-corrected chi connectivity index (χ4v) is 2.60. The molecule has 21 heavy (non-hydrogen) atoms. The van der Waals surface area contributed by atoms with Gasteiger partial charge in [-0.05, 0) is 18.2 Å². The molecule has 5 heteroatoms. The maximum absolute atomic E-state index is 10.5. The Morgan fingerprint density at radius 1 is 1.10 bits per heavy atom. The quantitative estimate of drug-likeness (QED) is 0.790. The predicted molar refractivity (Wildman–Crippen MR) is 76.0 cm³/mol. The normalized spacial score (nSPS) is 20.5. The largest absolute Gasteiger partial charge is 0.508 e. The smallest absolute Gasteiger partial charge is 0.128 e. The lowest BCUT2D eigenvalue weighted by Gasteiger charge is -2.31. The lowest BCUT2D eigenvalue weighted by Crippen LogP contribution is -2.24. The van der Waals surface area contributed by atoms with E-state index in [0.29, 0.717) is 22.6 Å². The molecule has 1 aliphatic rings. The van der Waals surface area contributed by atoms with Crippen molar-refractivity contribution in [2.45, 2.75) is 12.0 Å². The van der Waals surface area contributed by atoms with Crippen LogP contribution in [0.3, 0.4) is 0 Å². The van der Waals surface area contributed by atoms with E-state index in [-0.39, 0.29) is 24.0 Å². The first-order chi connectivity index (χ1) is 10.1. The minimum atomic E-state index is -0.811. The zero-order valence-corrected chi connectivity index (χ0v) is 11.5. The summed E-state index contributed by atoms with van der Waals surface area (Å²) in [5.74, 6) is 0.781. The highest BCUT2D eigenvalue weighted by Crippen LogP contribution is 2.44. The average Bonchev–Trinajstić information content (AvgIpc) is 2.48. The molecule has 110 valence electrons. The Bertz CT molecular complexity index is 668. The van der Waals surface area contributed by atoms with Crippen LogP contribution in [-0.2, 0) is 0 Å². The number of fused-ring (bicyclic) bond motifs is 1. The average molecular weight is 288 g/mol. The molecule has 2 aromatic carbocycles. The molecule has 0 radical (unpaired) electrons. The standard InChI is InChI=1S/C16H16O5/c1-20-10-3-5-11(14(18)7-10)13-8-21-15-6-9(17)2-4-12(15)16(13)19/h2-7,13,16-19H,8H2,1H3. The molecule has 2 atom stereocenters.